The lowest BCUT2D eigenvalue weighted by molar-refractivity contribution is -0.122. The molecule has 0 spiro atoms. The fraction of sp³-hybridized carbons (Fsp3) is 0.409. The Morgan fingerprint density at radius 2 is 1.59 bits per heavy atom. The van der Waals surface area contributed by atoms with Gasteiger partial charge in [-0.15, -0.1) is 0 Å². The summed E-state index contributed by atoms with van der Waals surface area (Å²) in [5.74, 6) is 0.0375. The molecular weight excluding hydrogens is 482 g/mol. The van der Waals surface area contributed by atoms with Crippen molar-refractivity contribution >= 4 is 26.0 Å². The van der Waals surface area contributed by atoms with E-state index in [0.717, 1.165) is 0 Å². The van der Waals surface area contributed by atoms with Crippen LogP contribution in [0.4, 0.5) is 0 Å². The van der Waals surface area contributed by atoms with Gasteiger partial charge in [0.05, 0.1) is 35.7 Å². The molecule has 0 aromatic heterocycles. The molecule has 2 aromatic rings. The third kappa shape index (κ3) is 6.54. The summed E-state index contributed by atoms with van der Waals surface area (Å²) in [6, 6.07) is 11.1. The fourth-order valence-corrected chi connectivity index (χ4v) is 5.90. The monoisotopic (exact) mass is 511 g/mol. The van der Waals surface area contributed by atoms with Crippen molar-refractivity contribution in [3.8, 4) is 5.75 Å². The van der Waals surface area contributed by atoms with Crippen LogP contribution in [0.2, 0.25) is 0 Å². The number of carbonyl (C=O) groups is 1. The molecular formula is C22H29N3O7S2. The second kappa shape index (κ2) is 11.3. The number of hydrogen-bond acceptors (Lipinski definition) is 7. The van der Waals surface area contributed by atoms with Crippen LogP contribution in [0.3, 0.4) is 0 Å². The number of carbonyl (C=O) groups excluding carboxylic acids is 1. The Kier molecular flexibility index (Phi) is 8.66. The van der Waals surface area contributed by atoms with Crippen LogP contribution in [0.1, 0.15) is 19.4 Å². The number of nitrogens with one attached hydrogen (secondary N) is 2. The Morgan fingerprint density at radius 3 is 2.18 bits per heavy atom. The molecule has 0 radical (unpaired) electrons. The lowest BCUT2D eigenvalue weighted by atomic mass is 10.2. The highest BCUT2D eigenvalue weighted by Crippen LogP contribution is 2.18. The molecule has 1 atom stereocenters. The average Bonchev–Trinajstić information content (AvgIpc) is 2.83. The highest BCUT2D eigenvalue weighted by atomic mass is 32.2. The van der Waals surface area contributed by atoms with Crippen LogP contribution in [0.25, 0.3) is 0 Å². The zero-order valence-electron chi connectivity index (χ0n) is 19.1. The zero-order chi connectivity index (χ0) is 24.8. The van der Waals surface area contributed by atoms with Gasteiger partial charge in [0.25, 0.3) is 0 Å². The molecule has 2 N–H and O–H groups in total. The normalized spacial score (nSPS) is 16.1. The molecule has 1 aliphatic heterocycles. The number of rotatable bonds is 10. The van der Waals surface area contributed by atoms with Gasteiger partial charge in [0.15, 0.2) is 0 Å². The zero-order valence-corrected chi connectivity index (χ0v) is 20.7. The quantitative estimate of drug-likeness (QED) is 0.488. The van der Waals surface area contributed by atoms with Gasteiger partial charge in [0.2, 0.25) is 26.0 Å². The van der Waals surface area contributed by atoms with Crippen molar-refractivity contribution in [1.82, 2.24) is 14.3 Å². The molecule has 1 saturated heterocycles. The summed E-state index contributed by atoms with van der Waals surface area (Å²) >= 11 is 0. The van der Waals surface area contributed by atoms with E-state index < -0.39 is 32.0 Å². The molecule has 3 rings (SSSR count). The largest absolute Gasteiger partial charge is 0.494 e. The molecule has 34 heavy (non-hydrogen) atoms. The number of ether oxygens (including phenoxy) is 2. The van der Waals surface area contributed by atoms with Crippen molar-refractivity contribution in [2.75, 3.05) is 32.9 Å². The predicted octanol–water partition coefficient (Wildman–Crippen LogP) is 1.09. The summed E-state index contributed by atoms with van der Waals surface area (Å²) in [7, 11) is -7.49. The molecule has 1 fully saturated rings. The lowest BCUT2D eigenvalue weighted by Crippen LogP contribution is -2.44. The summed E-state index contributed by atoms with van der Waals surface area (Å²) in [4.78, 5) is 12.6. The second-order valence-corrected chi connectivity index (χ2v) is 11.3. The Labute approximate surface area is 200 Å². The molecule has 2 aromatic carbocycles. The first-order valence-corrected chi connectivity index (χ1v) is 13.8. The minimum absolute atomic E-state index is 0.0210. The van der Waals surface area contributed by atoms with Crippen molar-refractivity contribution in [2.45, 2.75) is 36.2 Å². The van der Waals surface area contributed by atoms with Gasteiger partial charge in [0, 0.05) is 19.6 Å². The Morgan fingerprint density at radius 1 is 1.00 bits per heavy atom. The van der Waals surface area contributed by atoms with Gasteiger partial charge < -0.3 is 14.8 Å². The molecule has 10 nitrogen and oxygen atoms in total. The predicted molar refractivity (Wildman–Crippen MR) is 125 cm³/mol. The molecule has 0 aliphatic carbocycles. The molecule has 186 valence electrons. The fourth-order valence-electron chi connectivity index (χ4n) is 3.29. The Hall–Kier alpha value is -2.51. The van der Waals surface area contributed by atoms with Crippen LogP contribution >= 0.6 is 0 Å². The summed E-state index contributed by atoms with van der Waals surface area (Å²) < 4.78 is 64.7. The van der Waals surface area contributed by atoms with Gasteiger partial charge in [-0.2, -0.15) is 9.03 Å². The molecule has 0 saturated carbocycles. The van der Waals surface area contributed by atoms with Crippen LogP contribution in [-0.4, -0.2) is 66.0 Å². The van der Waals surface area contributed by atoms with E-state index in [1.807, 2.05) is 6.92 Å². The molecule has 0 unspecified atom stereocenters. The number of amides is 1. The first-order chi connectivity index (χ1) is 16.1. The lowest BCUT2D eigenvalue weighted by Gasteiger charge is -2.26. The van der Waals surface area contributed by atoms with Crippen LogP contribution in [-0.2, 0) is 36.1 Å². The van der Waals surface area contributed by atoms with Crippen molar-refractivity contribution in [2.24, 2.45) is 0 Å². The van der Waals surface area contributed by atoms with E-state index in [0.29, 0.717) is 44.2 Å². The maximum Gasteiger partial charge on any atom is 0.243 e. The maximum atomic E-state index is 12.7. The highest BCUT2D eigenvalue weighted by Gasteiger charge is 2.26. The maximum absolute atomic E-state index is 12.7. The van der Waals surface area contributed by atoms with Crippen molar-refractivity contribution in [3.05, 3.63) is 54.1 Å². The van der Waals surface area contributed by atoms with Crippen molar-refractivity contribution in [1.29, 1.82) is 0 Å². The number of sulfonamides is 2. The van der Waals surface area contributed by atoms with E-state index in [2.05, 4.69) is 10.0 Å². The third-order valence-corrected chi connectivity index (χ3v) is 8.64. The van der Waals surface area contributed by atoms with E-state index in [1.54, 1.807) is 24.3 Å². The molecule has 1 aliphatic rings. The van der Waals surface area contributed by atoms with Gasteiger partial charge in [-0.05, 0) is 55.8 Å². The Bertz CT molecular complexity index is 1180. The van der Waals surface area contributed by atoms with Crippen molar-refractivity contribution in [3.63, 3.8) is 0 Å². The number of benzene rings is 2. The summed E-state index contributed by atoms with van der Waals surface area (Å²) in [6.07, 6.45) is 0. The highest BCUT2D eigenvalue weighted by molar-refractivity contribution is 7.89. The van der Waals surface area contributed by atoms with Crippen LogP contribution < -0.4 is 14.8 Å². The molecule has 12 heteroatoms. The Balaban J connectivity index is 1.55. The van der Waals surface area contributed by atoms with Gasteiger partial charge in [-0.3, -0.25) is 4.79 Å². The SMILES string of the molecule is CCOc1ccc(S(=O)(=O)N[C@H](C)C(=O)NCc2ccc(S(=O)(=O)N3CCOCC3)cc2)cc1. The van der Waals surface area contributed by atoms with E-state index in [-0.39, 0.29) is 16.3 Å². The average molecular weight is 512 g/mol. The van der Waals surface area contributed by atoms with Gasteiger partial charge in [-0.25, -0.2) is 16.8 Å². The summed E-state index contributed by atoms with van der Waals surface area (Å²) in [5.41, 5.74) is 0.677. The van der Waals surface area contributed by atoms with Gasteiger partial charge in [0.1, 0.15) is 5.75 Å². The van der Waals surface area contributed by atoms with Crippen LogP contribution in [0.15, 0.2) is 58.3 Å². The summed E-state index contributed by atoms with van der Waals surface area (Å²) in [5, 5.41) is 2.66. The molecule has 1 amide bonds. The van der Waals surface area contributed by atoms with E-state index in [4.69, 9.17) is 9.47 Å². The van der Waals surface area contributed by atoms with Gasteiger partial charge >= 0.3 is 0 Å². The number of morpholine rings is 1. The number of nitrogens with zero attached hydrogens (tertiary/aromatic N) is 1. The minimum Gasteiger partial charge on any atom is -0.494 e. The molecule has 0 bridgehead atoms. The molecule has 1 heterocycles. The van der Waals surface area contributed by atoms with Crippen molar-refractivity contribution < 1.29 is 31.1 Å². The summed E-state index contributed by atoms with van der Waals surface area (Å²) in [6.45, 7) is 5.20. The van der Waals surface area contributed by atoms with Crippen LogP contribution in [0.5, 0.6) is 5.75 Å². The third-order valence-electron chi connectivity index (χ3n) is 5.17. The van der Waals surface area contributed by atoms with Gasteiger partial charge in [-0.1, -0.05) is 12.1 Å². The smallest absolute Gasteiger partial charge is 0.243 e. The van der Waals surface area contributed by atoms with E-state index in [1.165, 1.54) is 35.5 Å². The minimum atomic E-state index is -3.90. The first kappa shape index (κ1) is 26.1. The van der Waals surface area contributed by atoms with E-state index in [9.17, 15) is 21.6 Å². The number of hydrogen-bond donors (Lipinski definition) is 2. The van der Waals surface area contributed by atoms with E-state index >= 15 is 0 Å². The second-order valence-electron chi connectivity index (χ2n) is 7.63. The topological polar surface area (TPSA) is 131 Å². The van der Waals surface area contributed by atoms with Crippen LogP contribution in [0, 0.1) is 0 Å². The standard InChI is InChI=1S/C22H29N3O7S2/c1-3-32-19-6-10-20(11-7-19)33(27,28)24-17(2)22(26)23-16-18-4-8-21(9-5-18)34(29,30)25-12-14-31-15-13-25/h4-11,17,24H,3,12-16H2,1-2H3,(H,23,26)/t17-/m1/s1. The first-order valence-electron chi connectivity index (χ1n) is 10.8.